The molecule has 0 aliphatic rings. The zero-order chi connectivity index (χ0) is 5.58. The van der Waals surface area contributed by atoms with Crippen LogP contribution in [-0.4, -0.2) is 32.6 Å². The van der Waals surface area contributed by atoms with E-state index in [1.807, 2.05) is 0 Å². The van der Waals surface area contributed by atoms with Crippen LogP contribution in [0.3, 0.4) is 0 Å². The first-order chi connectivity index (χ1) is 2.73. The van der Waals surface area contributed by atoms with Gasteiger partial charge in [0.05, 0.1) is 0 Å². The summed E-state index contributed by atoms with van der Waals surface area (Å²) >= 11 is 0.611. The van der Waals surface area contributed by atoms with Crippen LogP contribution in [0.5, 0.6) is 0 Å². The zero-order valence-corrected chi connectivity index (χ0v) is 5.64. The molecule has 0 aliphatic heterocycles. The molecular formula is CH3AlNiO4. The molecule has 0 saturated carbocycles. The third-order valence-corrected chi connectivity index (χ3v) is 0. The van der Waals surface area contributed by atoms with E-state index >= 15 is 0 Å². The number of carboxylic acid groups (broad SMARTS) is 2. The van der Waals surface area contributed by atoms with Crippen molar-refractivity contribution in [2.45, 2.75) is 0 Å². The standard InChI is InChI=1S/CH2O3.Al.Ni.O.H/c2-1(3)4;;;;/h(H2,2,3,4);;;;. The summed E-state index contributed by atoms with van der Waals surface area (Å²) in [6.45, 7) is 0. The summed E-state index contributed by atoms with van der Waals surface area (Å²) in [5, 5.41) is 13.9. The van der Waals surface area contributed by atoms with E-state index in [1.54, 1.807) is 0 Å². The average molecular weight is 165 g/mol. The van der Waals surface area contributed by atoms with Crippen LogP contribution in [0.25, 0.3) is 0 Å². The quantitative estimate of drug-likeness (QED) is 0.472. The Hall–Kier alpha value is 0.0960. The van der Waals surface area contributed by atoms with E-state index in [1.165, 1.54) is 0 Å². The van der Waals surface area contributed by atoms with Crippen LogP contribution in [0.2, 0.25) is 0 Å². The van der Waals surface area contributed by atoms with E-state index in [4.69, 9.17) is 18.8 Å². The Morgan fingerprint density at radius 1 is 1.29 bits per heavy atom. The Morgan fingerprint density at radius 2 is 1.29 bits per heavy atom. The van der Waals surface area contributed by atoms with E-state index in [-0.39, 0.29) is 16.5 Å². The number of rotatable bonds is 0. The fourth-order valence-electron chi connectivity index (χ4n) is 0. The van der Waals surface area contributed by atoms with Crippen LogP contribution in [0, 0.1) is 0 Å². The molecule has 0 bridgehead atoms. The molecular weight excluding hydrogens is 162 g/mol. The predicted octanol–water partition coefficient (Wildman–Crippen LogP) is -0.547. The van der Waals surface area contributed by atoms with Gasteiger partial charge in [-0.2, -0.15) is 0 Å². The summed E-state index contributed by atoms with van der Waals surface area (Å²) in [7, 11) is 0. The Bertz CT molecular complexity index is 43.0. The second-order valence-corrected chi connectivity index (χ2v) is 0.283. The molecule has 0 rings (SSSR count). The molecule has 7 heavy (non-hydrogen) atoms. The van der Waals surface area contributed by atoms with Gasteiger partial charge in [-0.05, 0) is 0 Å². The summed E-state index contributed by atoms with van der Waals surface area (Å²) in [4.78, 5) is 8.56. The van der Waals surface area contributed by atoms with Gasteiger partial charge in [0.2, 0.25) is 0 Å². The maximum atomic E-state index is 8.56. The Labute approximate surface area is 58.1 Å². The molecule has 0 unspecified atom stereocenters. The number of hydrogen-bond donors (Lipinski definition) is 2. The monoisotopic (exact) mass is 164 g/mol. The summed E-state index contributed by atoms with van der Waals surface area (Å²) in [5.41, 5.74) is 0. The Kier molecular flexibility index (Phi) is 37.1. The van der Waals surface area contributed by atoms with Crippen molar-refractivity contribution in [1.82, 2.24) is 0 Å². The van der Waals surface area contributed by atoms with Gasteiger partial charge in [0, 0.05) is 16.5 Å². The molecule has 0 aromatic heterocycles. The van der Waals surface area contributed by atoms with Crippen LogP contribution in [0.1, 0.15) is 0 Å². The van der Waals surface area contributed by atoms with Gasteiger partial charge in [-0.15, -0.1) is 0 Å². The topological polar surface area (TPSA) is 74.6 Å². The molecule has 2 N–H and O–H groups in total. The fraction of sp³-hybridized carbons (Fsp3) is 0. The third-order valence-electron chi connectivity index (χ3n) is 0. The van der Waals surface area contributed by atoms with Crippen molar-refractivity contribution in [3.05, 3.63) is 0 Å². The van der Waals surface area contributed by atoms with Crippen LogP contribution in [-0.2, 0) is 20.3 Å². The van der Waals surface area contributed by atoms with Gasteiger partial charge in [-0.3, -0.25) is 0 Å². The van der Waals surface area contributed by atoms with Crippen LogP contribution in [0.4, 0.5) is 4.79 Å². The van der Waals surface area contributed by atoms with Gasteiger partial charge in [-0.1, -0.05) is 0 Å². The summed E-state index contributed by atoms with van der Waals surface area (Å²) in [6, 6.07) is 0. The second-order valence-electron chi connectivity index (χ2n) is 0.283. The van der Waals surface area contributed by atoms with Crippen molar-refractivity contribution in [3.8, 4) is 0 Å². The molecule has 0 heterocycles. The van der Waals surface area contributed by atoms with E-state index in [0.717, 1.165) is 0 Å². The van der Waals surface area contributed by atoms with Crippen molar-refractivity contribution in [3.63, 3.8) is 0 Å². The second kappa shape index (κ2) is 16.5. The molecule has 4 nitrogen and oxygen atoms in total. The minimum atomic E-state index is -1.83. The van der Waals surface area contributed by atoms with Crippen molar-refractivity contribution >= 4 is 22.4 Å². The molecule has 0 atom stereocenters. The third kappa shape index (κ3) is 11100. The SMILES string of the molecule is O=C(O)O.[Ni].[O]=[AlH]. The summed E-state index contributed by atoms with van der Waals surface area (Å²) < 4.78 is 8.28. The van der Waals surface area contributed by atoms with Crippen molar-refractivity contribution in [2.24, 2.45) is 0 Å². The van der Waals surface area contributed by atoms with Crippen LogP contribution >= 0.6 is 0 Å². The molecule has 0 fully saturated rings. The van der Waals surface area contributed by atoms with Gasteiger partial charge >= 0.3 is 26.2 Å². The van der Waals surface area contributed by atoms with E-state index in [0.29, 0.717) is 16.2 Å². The molecule has 0 aliphatic carbocycles. The van der Waals surface area contributed by atoms with Gasteiger partial charge in [0.1, 0.15) is 0 Å². The molecule has 0 spiro atoms. The van der Waals surface area contributed by atoms with Gasteiger partial charge in [0.25, 0.3) is 0 Å². The zero-order valence-electron chi connectivity index (χ0n) is 3.23. The molecule has 0 amide bonds. The van der Waals surface area contributed by atoms with E-state index in [2.05, 4.69) is 0 Å². The fourth-order valence-corrected chi connectivity index (χ4v) is 0. The summed E-state index contributed by atoms with van der Waals surface area (Å²) in [5.74, 6) is 0. The van der Waals surface area contributed by atoms with E-state index < -0.39 is 6.16 Å². The van der Waals surface area contributed by atoms with Crippen molar-refractivity contribution in [1.29, 1.82) is 0 Å². The van der Waals surface area contributed by atoms with Gasteiger partial charge < -0.3 is 10.2 Å². The molecule has 0 saturated heterocycles. The Balaban J connectivity index is -0.0000000480. The van der Waals surface area contributed by atoms with Gasteiger partial charge in [0.15, 0.2) is 0 Å². The first-order valence-electron chi connectivity index (χ1n) is 0.940. The predicted molar refractivity (Wildman–Crippen MR) is 18.5 cm³/mol. The molecule has 0 aromatic carbocycles. The maximum absolute atomic E-state index is 8.56. The first-order valence-corrected chi connectivity index (χ1v) is 1.52. The van der Waals surface area contributed by atoms with Crippen LogP contribution in [0.15, 0.2) is 0 Å². The van der Waals surface area contributed by atoms with E-state index in [9.17, 15) is 0 Å². The first kappa shape index (κ1) is 15.7. The molecule has 0 radical (unpaired) electrons. The van der Waals surface area contributed by atoms with Crippen LogP contribution < -0.4 is 0 Å². The molecule has 6 heteroatoms. The van der Waals surface area contributed by atoms with Crippen molar-refractivity contribution < 1.29 is 35.3 Å². The van der Waals surface area contributed by atoms with Gasteiger partial charge in [-0.25, -0.2) is 4.79 Å². The number of hydrogen-bond acceptors (Lipinski definition) is 2. The van der Waals surface area contributed by atoms with Crippen molar-refractivity contribution in [2.75, 3.05) is 0 Å². The normalized spacial score (nSPS) is 3.86. The Morgan fingerprint density at radius 3 is 1.29 bits per heavy atom. The minimum absolute atomic E-state index is 0. The number of carbonyl (C=O) groups is 1. The summed E-state index contributed by atoms with van der Waals surface area (Å²) in [6.07, 6.45) is -1.83. The molecule has 0 aromatic rings. The molecule has 44 valence electrons. The average Bonchev–Trinajstić information content (AvgIpc) is 1.41.